The summed E-state index contributed by atoms with van der Waals surface area (Å²) in [7, 11) is 0. The molecule has 1 aromatic carbocycles. The summed E-state index contributed by atoms with van der Waals surface area (Å²) in [6, 6.07) is 8.87. The molecule has 0 spiro atoms. The first-order valence-corrected chi connectivity index (χ1v) is 5.05. The summed E-state index contributed by atoms with van der Waals surface area (Å²) < 4.78 is 0. The molecule has 0 aliphatic rings. The van der Waals surface area contributed by atoms with Crippen LogP contribution in [0.15, 0.2) is 30.3 Å². The summed E-state index contributed by atoms with van der Waals surface area (Å²) in [5, 5.41) is 18.2. The minimum Gasteiger partial charge on any atom is -0.396 e. The van der Waals surface area contributed by atoms with E-state index >= 15 is 0 Å². The second-order valence-electron chi connectivity index (χ2n) is 3.60. The van der Waals surface area contributed by atoms with Gasteiger partial charge in [0.2, 0.25) is 0 Å². The van der Waals surface area contributed by atoms with Gasteiger partial charge >= 0.3 is 0 Å². The molecule has 0 radical (unpaired) electrons. The highest BCUT2D eigenvalue weighted by atomic mass is 16.3. The van der Waals surface area contributed by atoms with Gasteiger partial charge in [-0.1, -0.05) is 37.3 Å². The molecule has 3 heteroatoms. The van der Waals surface area contributed by atoms with Crippen molar-refractivity contribution >= 4 is 5.78 Å². The number of ketones is 1. The summed E-state index contributed by atoms with van der Waals surface area (Å²) >= 11 is 0. The van der Waals surface area contributed by atoms with Crippen LogP contribution in [-0.2, 0) is 0 Å². The van der Waals surface area contributed by atoms with E-state index in [9.17, 15) is 9.90 Å². The molecule has 0 aliphatic heterocycles. The lowest BCUT2D eigenvalue weighted by Gasteiger charge is -2.16. The summed E-state index contributed by atoms with van der Waals surface area (Å²) in [5.74, 6) is -0.559. The third kappa shape index (κ3) is 3.15. The number of aliphatic hydroxyl groups is 2. The first-order chi connectivity index (χ1) is 7.16. The number of hydrogen-bond donors (Lipinski definition) is 2. The Labute approximate surface area is 89.4 Å². The van der Waals surface area contributed by atoms with Crippen molar-refractivity contribution in [1.29, 1.82) is 0 Å². The minimum atomic E-state index is -0.775. The second kappa shape index (κ2) is 5.63. The molecular weight excluding hydrogens is 192 g/mol. The Kier molecular flexibility index (Phi) is 4.46. The van der Waals surface area contributed by atoms with Gasteiger partial charge in [0.25, 0.3) is 0 Å². The largest absolute Gasteiger partial charge is 0.396 e. The molecule has 0 aliphatic carbocycles. The van der Waals surface area contributed by atoms with Gasteiger partial charge in [0.05, 0.1) is 6.10 Å². The van der Waals surface area contributed by atoms with Gasteiger partial charge in [-0.25, -0.2) is 0 Å². The molecule has 2 N–H and O–H groups in total. The minimum absolute atomic E-state index is 0.0865. The van der Waals surface area contributed by atoms with E-state index in [0.717, 1.165) is 0 Å². The zero-order chi connectivity index (χ0) is 11.3. The highest BCUT2D eigenvalue weighted by molar-refractivity contribution is 5.97. The molecule has 1 rings (SSSR count). The zero-order valence-electron chi connectivity index (χ0n) is 8.76. The van der Waals surface area contributed by atoms with Gasteiger partial charge in [-0.2, -0.15) is 0 Å². The first kappa shape index (κ1) is 11.9. The maximum absolute atomic E-state index is 11.8. The molecule has 0 saturated heterocycles. The summed E-state index contributed by atoms with van der Waals surface area (Å²) in [6.07, 6.45) is -0.539. The lowest BCUT2D eigenvalue weighted by molar-refractivity contribution is 0.0627. The summed E-state index contributed by atoms with van der Waals surface area (Å²) in [5.41, 5.74) is 0.599. The maximum Gasteiger partial charge on any atom is 0.168 e. The van der Waals surface area contributed by atoms with Crippen LogP contribution in [0, 0.1) is 5.92 Å². The SMILES string of the molecule is CC(C(=O)c1ccccc1)C(O)CCO. The fourth-order valence-electron chi connectivity index (χ4n) is 1.42. The number of Topliss-reactive ketones (excluding diaryl/α,β-unsaturated/α-hetero) is 1. The zero-order valence-corrected chi connectivity index (χ0v) is 8.76. The number of carbonyl (C=O) groups is 1. The quantitative estimate of drug-likeness (QED) is 0.716. The maximum atomic E-state index is 11.8. The lowest BCUT2D eigenvalue weighted by Crippen LogP contribution is -2.26. The van der Waals surface area contributed by atoms with Crippen LogP contribution in [0.4, 0.5) is 0 Å². The number of hydrogen-bond acceptors (Lipinski definition) is 3. The fourth-order valence-corrected chi connectivity index (χ4v) is 1.42. The van der Waals surface area contributed by atoms with Crippen molar-refractivity contribution in [2.75, 3.05) is 6.61 Å². The van der Waals surface area contributed by atoms with Gasteiger partial charge in [0.15, 0.2) is 5.78 Å². The summed E-state index contributed by atoms with van der Waals surface area (Å²) in [6.45, 7) is 1.57. The predicted octanol–water partition coefficient (Wildman–Crippen LogP) is 1.25. The molecule has 3 nitrogen and oxygen atoms in total. The normalized spacial score (nSPS) is 14.6. The van der Waals surface area contributed by atoms with E-state index in [2.05, 4.69) is 0 Å². The number of rotatable bonds is 5. The van der Waals surface area contributed by atoms with Crippen LogP contribution in [0.3, 0.4) is 0 Å². The van der Waals surface area contributed by atoms with Gasteiger partial charge in [-0.3, -0.25) is 4.79 Å². The predicted molar refractivity (Wildman–Crippen MR) is 57.6 cm³/mol. The van der Waals surface area contributed by atoms with Gasteiger partial charge in [-0.15, -0.1) is 0 Å². The van der Waals surface area contributed by atoms with E-state index in [1.807, 2.05) is 6.07 Å². The van der Waals surface area contributed by atoms with Crippen molar-refractivity contribution in [1.82, 2.24) is 0 Å². The fraction of sp³-hybridized carbons (Fsp3) is 0.417. The van der Waals surface area contributed by atoms with Crippen molar-refractivity contribution in [3.63, 3.8) is 0 Å². The van der Waals surface area contributed by atoms with Crippen LogP contribution in [0.25, 0.3) is 0 Å². The molecule has 0 fully saturated rings. The third-order valence-corrected chi connectivity index (χ3v) is 2.47. The molecule has 15 heavy (non-hydrogen) atoms. The number of carbonyl (C=O) groups excluding carboxylic acids is 1. The molecule has 1 aromatic rings. The molecule has 2 atom stereocenters. The van der Waals surface area contributed by atoms with Crippen LogP contribution in [0.2, 0.25) is 0 Å². The van der Waals surface area contributed by atoms with Gasteiger partial charge in [-0.05, 0) is 6.42 Å². The molecule has 0 saturated carbocycles. The van der Waals surface area contributed by atoms with Gasteiger partial charge < -0.3 is 10.2 Å². The van der Waals surface area contributed by atoms with Crippen molar-refractivity contribution in [2.45, 2.75) is 19.4 Å². The number of aliphatic hydroxyl groups excluding tert-OH is 2. The van der Waals surface area contributed by atoms with Crippen LogP contribution in [0.5, 0.6) is 0 Å². The van der Waals surface area contributed by atoms with E-state index in [0.29, 0.717) is 5.56 Å². The average molecular weight is 208 g/mol. The van der Waals surface area contributed by atoms with Gasteiger partial charge in [0.1, 0.15) is 0 Å². The smallest absolute Gasteiger partial charge is 0.168 e. The molecule has 0 bridgehead atoms. The second-order valence-corrected chi connectivity index (χ2v) is 3.60. The lowest BCUT2D eigenvalue weighted by atomic mass is 9.93. The third-order valence-electron chi connectivity index (χ3n) is 2.47. The Morgan fingerprint density at radius 3 is 2.47 bits per heavy atom. The van der Waals surface area contributed by atoms with Gasteiger partial charge in [0, 0.05) is 18.1 Å². The topological polar surface area (TPSA) is 57.5 Å². The van der Waals surface area contributed by atoms with Crippen molar-refractivity contribution in [3.05, 3.63) is 35.9 Å². The van der Waals surface area contributed by atoms with E-state index in [-0.39, 0.29) is 18.8 Å². The molecule has 0 heterocycles. The molecule has 0 amide bonds. The van der Waals surface area contributed by atoms with E-state index in [1.54, 1.807) is 31.2 Å². The Morgan fingerprint density at radius 1 is 1.33 bits per heavy atom. The van der Waals surface area contributed by atoms with Crippen LogP contribution >= 0.6 is 0 Å². The molecule has 2 unspecified atom stereocenters. The Morgan fingerprint density at radius 2 is 1.93 bits per heavy atom. The standard InChI is InChI=1S/C12H16O3/c1-9(11(14)7-8-13)12(15)10-5-3-2-4-6-10/h2-6,9,11,13-14H,7-8H2,1H3. The monoisotopic (exact) mass is 208 g/mol. The Balaban J connectivity index is 2.69. The Bertz CT molecular complexity index is 308. The molecule has 0 aromatic heterocycles. The van der Waals surface area contributed by atoms with Crippen molar-refractivity contribution in [3.8, 4) is 0 Å². The van der Waals surface area contributed by atoms with Crippen LogP contribution in [-0.4, -0.2) is 28.7 Å². The molecular formula is C12H16O3. The highest BCUT2D eigenvalue weighted by Gasteiger charge is 2.22. The van der Waals surface area contributed by atoms with E-state index < -0.39 is 12.0 Å². The number of benzene rings is 1. The van der Waals surface area contributed by atoms with Crippen LogP contribution < -0.4 is 0 Å². The average Bonchev–Trinajstić information content (AvgIpc) is 2.28. The molecule has 82 valence electrons. The highest BCUT2D eigenvalue weighted by Crippen LogP contribution is 2.14. The van der Waals surface area contributed by atoms with E-state index in [1.165, 1.54) is 0 Å². The first-order valence-electron chi connectivity index (χ1n) is 5.05. The van der Waals surface area contributed by atoms with Crippen LogP contribution in [0.1, 0.15) is 23.7 Å². The van der Waals surface area contributed by atoms with Crippen molar-refractivity contribution in [2.24, 2.45) is 5.92 Å². The van der Waals surface area contributed by atoms with E-state index in [4.69, 9.17) is 5.11 Å². The summed E-state index contributed by atoms with van der Waals surface area (Å²) in [4.78, 5) is 11.8. The Hall–Kier alpha value is -1.19. The van der Waals surface area contributed by atoms with Crippen molar-refractivity contribution < 1.29 is 15.0 Å².